The summed E-state index contributed by atoms with van der Waals surface area (Å²) in [6, 6.07) is 5.31. The van der Waals surface area contributed by atoms with Crippen LogP contribution in [0.5, 0.6) is 0 Å². The molecule has 0 unspecified atom stereocenters. The highest BCUT2D eigenvalue weighted by molar-refractivity contribution is 5.94. The minimum atomic E-state index is -4.26. The molecule has 120 valence electrons. The molecule has 2 rings (SSSR count). The molecule has 0 bridgehead atoms. The monoisotopic (exact) mass is 317 g/mol. The molecule has 0 atom stereocenters. The van der Waals surface area contributed by atoms with Gasteiger partial charge >= 0.3 is 6.18 Å². The van der Waals surface area contributed by atoms with Crippen LogP contribution >= 0.6 is 0 Å². The van der Waals surface area contributed by atoms with Gasteiger partial charge in [-0.15, -0.1) is 0 Å². The highest BCUT2D eigenvalue weighted by atomic mass is 19.4. The van der Waals surface area contributed by atoms with Gasteiger partial charge in [0.1, 0.15) is 0 Å². The van der Waals surface area contributed by atoms with Crippen LogP contribution in [0.4, 0.5) is 18.9 Å². The Hall–Kier alpha value is -2.16. The molecule has 1 heterocycles. The van der Waals surface area contributed by atoms with Crippen LogP contribution in [0.1, 0.15) is 10.4 Å². The van der Waals surface area contributed by atoms with Gasteiger partial charge in [0.25, 0.3) is 11.6 Å². The molecular weight excluding hydrogens is 303 g/mol. The Kier molecular flexibility index (Phi) is 4.65. The maximum atomic E-state index is 12.3. The molecule has 22 heavy (non-hydrogen) atoms. The minimum absolute atomic E-state index is 0.125. The largest absolute Gasteiger partial charge is 0.401 e. The summed E-state index contributed by atoms with van der Waals surface area (Å²) in [7, 11) is 0. The molecule has 0 aromatic heterocycles. The summed E-state index contributed by atoms with van der Waals surface area (Å²) < 4.78 is 36.9. The number of carbonyl (C=O) groups is 1. The molecule has 6 nitrogen and oxygen atoms in total. The molecule has 9 heteroatoms. The standard InChI is InChI=1S/C13H14F3N3O3/c14-13(15,16)9-17-4-6-18(7-5-17)12(20)10-2-1-3-11(8-10)19(21)22/h1-3,8H,4-7,9H2. The molecular formula is C13H14F3N3O3. The Morgan fingerprint density at radius 3 is 2.41 bits per heavy atom. The van der Waals surface area contributed by atoms with E-state index in [0.29, 0.717) is 0 Å². The van der Waals surface area contributed by atoms with E-state index < -0.39 is 23.6 Å². The lowest BCUT2D eigenvalue weighted by atomic mass is 10.1. The van der Waals surface area contributed by atoms with Crippen molar-refractivity contribution in [3.8, 4) is 0 Å². The fraction of sp³-hybridized carbons (Fsp3) is 0.462. The smallest absolute Gasteiger partial charge is 0.336 e. The third kappa shape index (κ3) is 4.17. The number of hydrogen-bond acceptors (Lipinski definition) is 4. The van der Waals surface area contributed by atoms with E-state index in [-0.39, 0.29) is 37.4 Å². The van der Waals surface area contributed by atoms with Gasteiger partial charge in [0.2, 0.25) is 0 Å². The van der Waals surface area contributed by atoms with E-state index in [4.69, 9.17) is 0 Å². The van der Waals surface area contributed by atoms with Gasteiger partial charge in [-0.2, -0.15) is 13.2 Å². The molecule has 1 aliphatic heterocycles. The van der Waals surface area contributed by atoms with E-state index in [1.54, 1.807) is 0 Å². The zero-order valence-electron chi connectivity index (χ0n) is 11.5. The summed E-state index contributed by atoms with van der Waals surface area (Å²) in [5, 5.41) is 10.7. The van der Waals surface area contributed by atoms with Crippen molar-refractivity contribution in [1.82, 2.24) is 9.80 Å². The van der Waals surface area contributed by atoms with Crippen LogP contribution in [0.3, 0.4) is 0 Å². The zero-order chi connectivity index (χ0) is 16.3. The number of carbonyl (C=O) groups excluding carboxylic acids is 1. The van der Waals surface area contributed by atoms with Crippen molar-refractivity contribution in [3.63, 3.8) is 0 Å². The predicted molar refractivity (Wildman–Crippen MR) is 71.5 cm³/mol. The number of rotatable bonds is 3. The van der Waals surface area contributed by atoms with E-state index in [0.717, 1.165) is 0 Å². The first-order valence-corrected chi connectivity index (χ1v) is 6.59. The van der Waals surface area contributed by atoms with Crippen LogP contribution in [0.15, 0.2) is 24.3 Å². The van der Waals surface area contributed by atoms with Gasteiger partial charge in [0, 0.05) is 43.9 Å². The average Bonchev–Trinajstić information content (AvgIpc) is 2.46. The number of nitro benzene ring substituents is 1. The van der Waals surface area contributed by atoms with Crippen LogP contribution in [-0.4, -0.2) is 59.5 Å². The van der Waals surface area contributed by atoms with Crippen molar-refractivity contribution in [2.45, 2.75) is 6.18 Å². The predicted octanol–water partition coefficient (Wildman–Crippen LogP) is 1.91. The number of non-ortho nitro benzene ring substituents is 1. The normalized spacial score (nSPS) is 16.6. The fourth-order valence-electron chi connectivity index (χ4n) is 2.30. The second kappa shape index (κ2) is 6.30. The van der Waals surface area contributed by atoms with E-state index in [9.17, 15) is 28.1 Å². The molecule has 0 spiro atoms. The van der Waals surface area contributed by atoms with Crippen molar-refractivity contribution in [2.75, 3.05) is 32.7 Å². The fourth-order valence-corrected chi connectivity index (χ4v) is 2.30. The second-order valence-electron chi connectivity index (χ2n) is 4.99. The van der Waals surface area contributed by atoms with E-state index >= 15 is 0 Å². The number of alkyl halides is 3. The maximum absolute atomic E-state index is 12.3. The molecule has 0 aliphatic carbocycles. The first-order chi connectivity index (χ1) is 10.3. The van der Waals surface area contributed by atoms with Crippen LogP contribution < -0.4 is 0 Å². The van der Waals surface area contributed by atoms with Gasteiger partial charge in [0.15, 0.2) is 0 Å². The summed E-state index contributed by atoms with van der Waals surface area (Å²) in [5.74, 6) is -0.407. The Morgan fingerprint density at radius 1 is 1.23 bits per heavy atom. The lowest BCUT2D eigenvalue weighted by Crippen LogP contribution is -2.50. The highest BCUT2D eigenvalue weighted by Gasteiger charge is 2.33. The lowest BCUT2D eigenvalue weighted by molar-refractivity contribution is -0.384. The number of benzene rings is 1. The van der Waals surface area contributed by atoms with Crippen molar-refractivity contribution >= 4 is 11.6 Å². The summed E-state index contributed by atoms with van der Waals surface area (Å²) in [4.78, 5) is 25.0. The average molecular weight is 317 g/mol. The van der Waals surface area contributed by atoms with Gasteiger partial charge in [-0.1, -0.05) is 6.07 Å². The number of halogens is 3. The first-order valence-electron chi connectivity index (χ1n) is 6.59. The lowest BCUT2D eigenvalue weighted by Gasteiger charge is -2.35. The van der Waals surface area contributed by atoms with Gasteiger partial charge in [-0.3, -0.25) is 19.8 Å². The number of nitrogens with zero attached hydrogens (tertiary/aromatic N) is 3. The Balaban J connectivity index is 1.98. The Labute approximate surface area is 124 Å². The van der Waals surface area contributed by atoms with Crippen molar-refractivity contribution < 1.29 is 22.9 Å². The van der Waals surface area contributed by atoms with E-state index in [1.807, 2.05) is 0 Å². The van der Waals surface area contributed by atoms with Gasteiger partial charge in [-0.05, 0) is 6.07 Å². The van der Waals surface area contributed by atoms with E-state index in [2.05, 4.69) is 0 Å². The third-order valence-electron chi connectivity index (χ3n) is 3.37. The number of nitro groups is 1. The van der Waals surface area contributed by atoms with Crippen molar-refractivity contribution in [3.05, 3.63) is 39.9 Å². The van der Waals surface area contributed by atoms with Crippen LogP contribution in [0.25, 0.3) is 0 Å². The maximum Gasteiger partial charge on any atom is 0.401 e. The highest BCUT2D eigenvalue weighted by Crippen LogP contribution is 2.19. The third-order valence-corrected chi connectivity index (χ3v) is 3.37. The van der Waals surface area contributed by atoms with Crippen LogP contribution in [0, 0.1) is 10.1 Å². The molecule has 1 aromatic rings. The van der Waals surface area contributed by atoms with Crippen LogP contribution in [0.2, 0.25) is 0 Å². The number of hydrogen-bond donors (Lipinski definition) is 0. The number of amides is 1. The Bertz CT molecular complexity index is 569. The topological polar surface area (TPSA) is 66.7 Å². The quantitative estimate of drug-likeness (QED) is 0.631. The molecule has 1 amide bonds. The first kappa shape index (κ1) is 16.2. The minimum Gasteiger partial charge on any atom is -0.336 e. The summed E-state index contributed by atoms with van der Waals surface area (Å²) >= 11 is 0. The number of piperazine rings is 1. The molecule has 0 radical (unpaired) electrons. The molecule has 0 N–H and O–H groups in total. The molecule has 1 aliphatic rings. The van der Waals surface area contributed by atoms with Crippen molar-refractivity contribution in [2.24, 2.45) is 0 Å². The zero-order valence-corrected chi connectivity index (χ0v) is 11.5. The summed E-state index contributed by atoms with van der Waals surface area (Å²) in [5.41, 5.74) is -0.0278. The second-order valence-corrected chi connectivity index (χ2v) is 4.99. The Morgan fingerprint density at radius 2 is 1.86 bits per heavy atom. The SMILES string of the molecule is O=C(c1cccc([N+](=O)[O-])c1)N1CCN(CC(F)(F)F)CC1. The molecule has 0 saturated carbocycles. The van der Waals surface area contributed by atoms with Gasteiger partial charge in [-0.25, -0.2) is 0 Å². The van der Waals surface area contributed by atoms with Crippen molar-refractivity contribution in [1.29, 1.82) is 0 Å². The molecule has 1 saturated heterocycles. The summed E-state index contributed by atoms with van der Waals surface area (Å²) in [6.45, 7) is -0.415. The summed E-state index contributed by atoms with van der Waals surface area (Å²) in [6.07, 6.45) is -4.26. The van der Waals surface area contributed by atoms with E-state index in [1.165, 1.54) is 34.1 Å². The van der Waals surface area contributed by atoms with Gasteiger partial charge in [0.05, 0.1) is 11.5 Å². The van der Waals surface area contributed by atoms with Crippen LogP contribution in [-0.2, 0) is 0 Å². The molecule has 1 aromatic carbocycles. The molecule has 1 fully saturated rings. The van der Waals surface area contributed by atoms with Gasteiger partial charge < -0.3 is 4.90 Å².